The van der Waals surface area contributed by atoms with Crippen molar-refractivity contribution in [2.45, 2.75) is 58.8 Å². The second-order valence-corrected chi connectivity index (χ2v) is 11.4. The fourth-order valence-electron chi connectivity index (χ4n) is 2.96. The van der Waals surface area contributed by atoms with E-state index in [1.54, 1.807) is 25.2 Å². The van der Waals surface area contributed by atoms with Gasteiger partial charge in [0.1, 0.15) is 5.01 Å². The molecule has 1 aromatic rings. The van der Waals surface area contributed by atoms with E-state index in [1.807, 2.05) is 11.8 Å². The van der Waals surface area contributed by atoms with Crippen LogP contribution in [0.4, 0.5) is 0 Å². The number of aromatic nitrogens is 1. The molecule has 1 aliphatic rings. The highest BCUT2D eigenvalue weighted by molar-refractivity contribution is 14.0. The predicted octanol–water partition coefficient (Wildman–Crippen LogP) is 3.17. The number of aliphatic imine (C=N–C) groups is 1. The molecule has 2 heterocycles. The quantitative estimate of drug-likeness (QED) is 0.380. The number of guanidine groups is 1. The number of rotatable bonds is 4. The van der Waals surface area contributed by atoms with Gasteiger partial charge in [0.2, 0.25) is 0 Å². The summed E-state index contributed by atoms with van der Waals surface area (Å²) in [7, 11) is -3.06. The van der Waals surface area contributed by atoms with Crippen molar-refractivity contribution in [1.29, 1.82) is 0 Å². The molecule has 0 aromatic carbocycles. The smallest absolute Gasteiger partial charge is 0.194 e. The molecule has 0 unspecified atom stereocenters. The Morgan fingerprint density at radius 1 is 1.42 bits per heavy atom. The van der Waals surface area contributed by atoms with Gasteiger partial charge in [0, 0.05) is 24.5 Å². The summed E-state index contributed by atoms with van der Waals surface area (Å²) in [5.41, 5.74) is 1.14. The van der Waals surface area contributed by atoms with E-state index in [-0.39, 0.29) is 29.7 Å². The first-order valence-corrected chi connectivity index (χ1v) is 11.3. The second-order valence-electron chi connectivity index (χ2n) is 7.37. The van der Waals surface area contributed by atoms with Gasteiger partial charge in [-0.2, -0.15) is 0 Å². The van der Waals surface area contributed by atoms with E-state index in [0.717, 1.165) is 23.2 Å². The summed E-state index contributed by atoms with van der Waals surface area (Å²) in [6, 6.07) is 0. The third-order valence-corrected chi connectivity index (χ3v) is 7.97. The lowest BCUT2D eigenvalue weighted by Gasteiger charge is -2.39. The standard InChI is InChI=1S/C17H30N4O2S2.HI/c1-7-18-16(21-8-9-25(22,23)17(5,6)11-21)19-10-14-20-15(12(2)3)13(4)24-14;/h12H,7-11H2,1-6H3,(H,18,19);1H. The van der Waals surface area contributed by atoms with E-state index in [0.29, 0.717) is 25.6 Å². The first kappa shape index (κ1) is 23.6. The van der Waals surface area contributed by atoms with Crippen molar-refractivity contribution in [3.63, 3.8) is 0 Å². The fraction of sp³-hybridized carbons (Fsp3) is 0.765. The van der Waals surface area contributed by atoms with Crippen LogP contribution in [0.25, 0.3) is 0 Å². The molecule has 26 heavy (non-hydrogen) atoms. The van der Waals surface area contributed by atoms with Crippen LogP contribution < -0.4 is 5.32 Å². The minimum Gasteiger partial charge on any atom is -0.357 e. The Morgan fingerprint density at radius 2 is 2.08 bits per heavy atom. The summed E-state index contributed by atoms with van der Waals surface area (Å²) in [6.45, 7) is 14.2. The Bertz CT molecular complexity index is 742. The number of aryl methyl sites for hydroxylation is 1. The van der Waals surface area contributed by atoms with Crippen LogP contribution >= 0.6 is 35.3 Å². The Balaban J connectivity index is 0.00000338. The van der Waals surface area contributed by atoms with Crippen molar-refractivity contribution < 1.29 is 8.42 Å². The van der Waals surface area contributed by atoms with Crippen LogP contribution in [0.5, 0.6) is 0 Å². The molecule has 1 aliphatic heterocycles. The van der Waals surface area contributed by atoms with Gasteiger partial charge in [-0.1, -0.05) is 13.8 Å². The number of hydrogen-bond donors (Lipinski definition) is 1. The normalized spacial score (nSPS) is 19.3. The highest BCUT2D eigenvalue weighted by Crippen LogP contribution is 2.26. The first-order chi connectivity index (χ1) is 11.6. The maximum absolute atomic E-state index is 12.2. The summed E-state index contributed by atoms with van der Waals surface area (Å²) in [5, 5.41) is 4.29. The average Bonchev–Trinajstić information content (AvgIpc) is 2.88. The zero-order valence-electron chi connectivity index (χ0n) is 16.5. The molecule has 2 rings (SSSR count). The van der Waals surface area contributed by atoms with Crippen molar-refractivity contribution in [1.82, 2.24) is 15.2 Å². The third kappa shape index (κ3) is 5.31. The molecule has 1 aromatic heterocycles. The van der Waals surface area contributed by atoms with Crippen molar-refractivity contribution in [2.24, 2.45) is 4.99 Å². The van der Waals surface area contributed by atoms with E-state index in [2.05, 4.69) is 26.1 Å². The summed E-state index contributed by atoms with van der Waals surface area (Å²) >= 11 is 1.69. The summed E-state index contributed by atoms with van der Waals surface area (Å²) in [4.78, 5) is 12.7. The lowest BCUT2D eigenvalue weighted by Crippen LogP contribution is -2.57. The maximum atomic E-state index is 12.2. The molecule has 0 bridgehead atoms. The van der Waals surface area contributed by atoms with E-state index < -0.39 is 14.6 Å². The second kappa shape index (κ2) is 9.18. The van der Waals surface area contributed by atoms with E-state index in [1.165, 1.54) is 4.88 Å². The van der Waals surface area contributed by atoms with Gasteiger partial charge in [-0.25, -0.2) is 18.4 Å². The van der Waals surface area contributed by atoms with Crippen LogP contribution in [0, 0.1) is 6.92 Å². The summed E-state index contributed by atoms with van der Waals surface area (Å²) in [6.07, 6.45) is 0. The third-order valence-electron chi connectivity index (χ3n) is 4.47. The van der Waals surface area contributed by atoms with Gasteiger partial charge in [0.05, 0.1) is 22.7 Å². The van der Waals surface area contributed by atoms with Crippen molar-refractivity contribution in [3.8, 4) is 0 Å². The average molecular weight is 514 g/mol. The Kier molecular flexibility index (Phi) is 8.34. The molecule has 0 atom stereocenters. The Hall–Kier alpha value is -0.420. The predicted molar refractivity (Wildman–Crippen MR) is 121 cm³/mol. The van der Waals surface area contributed by atoms with E-state index >= 15 is 0 Å². The van der Waals surface area contributed by atoms with Crippen molar-refractivity contribution >= 4 is 51.1 Å². The van der Waals surface area contributed by atoms with Crippen LogP contribution in [0.3, 0.4) is 0 Å². The SMILES string of the molecule is CCNC(=NCc1nc(C(C)C)c(C)s1)N1CCS(=O)(=O)C(C)(C)C1.I. The topological polar surface area (TPSA) is 74.7 Å². The van der Waals surface area contributed by atoms with Crippen LogP contribution in [0.2, 0.25) is 0 Å². The lowest BCUT2D eigenvalue weighted by molar-refractivity contribution is 0.353. The van der Waals surface area contributed by atoms with Crippen LogP contribution in [-0.4, -0.2) is 54.4 Å². The minimum atomic E-state index is -3.06. The zero-order valence-corrected chi connectivity index (χ0v) is 20.5. The molecule has 1 fully saturated rings. The first-order valence-electron chi connectivity index (χ1n) is 8.79. The molecule has 1 N–H and O–H groups in total. The lowest BCUT2D eigenvalue weighted by atomic mass is 10.1. The highest BCUT2D eigenvalue weighted by atomic mass is 127. The molecule has 1 saturated heterocycles. The number of sulfone groups is 1. The molecule has 0 spiro atoms. The number of thiazole rings is 1. The molecule has 0 aliphatic carbocycles. The van der Waals surface area contributed by atoms with Gasteiger partial charge < -0.3 is 10.2 Å². The van der Waals surface area contributed by atoms with Gasteiger partial charge in [0.15, 0.2) is 15.8 Å². The van der Waals surface area contributed by atoms with Gasteiger partial charge in [-0.3, -0.25) is 0 Å². The monoisotopic (exact) mass is 514 g/mol. The summed E-state index contributed by atoms with van der Waals surface area (Å²) in [5.74, 6) is 1.35. The van der Waals surface area contributed by atoms with E-state index in [9.17, 15) is 8.42 Å². The van der Waals surface area contributed by atoms with Gasteiger partial charge in [0.25, 0.3) is 0 Å². The minimum absolute atomic E-state index is 0. The molecule has 0 amide bonds. The van der Waals surface area contributed by atoms with Gasteiger partial charge in [-0.05, 0) is 33.6 Å². The molecule has 0 radical (unpaired) electrons. The molecule has 0 saturated carbocycles. The Labute approximate surface area is 178 Å². The Morgan fingerprint density at radius 3 is 2.58 bits per heavy atom. The van der Waals surface area contributed by atoms with Crippen LogP contribution in [0.15, 0.2) is 4.99 Å². The largest absolute Gasteiger partial charge is 0.357 e. The number of hydrogen-bond acceptors (Lipinski definition) is 5. The molecular formula is C17H31IN4O2S2. The number of nitrogens with one attached hydrogen (secondary N) is 1. The summed E-state index contributed by atoms with van der Waals surface area (Å²) < 4.78 is 23.7. The van der Waals surface area contributed by atoms with Crippen LogP contribution in [0.1, 0.15) is 56.1 Å². The van der Waals surface area contributed by atoms with E-state index in [4.69, 9.17) is 9.98 Å². The number of nitrogens with zero attached hydrogens (tertiary/aromatic N) is 3. The molecular weight excluding hydrogens is 483 g/mol. The van der Waals surface area contributed by atoms with Gasteiger partial charge >= 0.3 is 0 Å². The zero-order chi connectivity index (χ0) is 18.8. The molecule has 9 heteroatoms. The maximum Gasteiger partial charge on any atom is 0.194 e. The van der Waals surface area contributed by atoms with Crippen molar-refractivity contribution in [2.75, 3.05) is 25.4 Å². The fourth-order valence-corrected chi connectivity index (χ4v) is 5.34. The molecule has 6 nitrogen and oxygen atoms in total. The van der Waals surface area contributed by atoms with Gasteiger partial charge in [-0.15, -0.1) is 35.3 Å². The van der Waals surface area contributed by atoms with Crippen molar-refractivity contribution in [3.05, 3.63) is 15.6 Å². The molecule has 150 valence electrons. The number of halogens is 1. The van der Waals surface area contributed by atoms with Crippen LogP contribution in [-0.2, 0) is 16.4 Å². The highest BCUT2D eigenvalue weighted by Gasteiger charge is 2.40.